The molecule has 1 aromatic rings. The highest BCUT2D eigenvalue weighted by atomic mass is 19.2. The number of rotatable bonds is 2. The van der Waals surface area contributed by atoms with E-state index < -0.39 is 46.8 Å². The summed E-state index contributed by atoms with van der Waals surface area (Å²) in [5, 5.41) is 11.0. The maximum Gasteiger partial charge on any atom is 0.410 e. The van der Waals surface area contributed by atoms with Crippen LogP contribution in [0.5, 0.6) is 0 Å². The lowest BCUT2D eigenvalue weighted by atomic mass is 9.77. The van der Waals surface area contributed by atoms with Crippen LogP contribution in [0.4, 0.5) is 18.0 Å². The first-order valence-corrected chi connectivity index (χ1v) is 8.92. The number of hydrogen-bond acceptors (Lipinski definition) is 4. The van der Waals surface area contributed by atoms with Crippen molar-refractivity contribution in [3.05, 3.63) is 35.1 Å². The molecular weight excluding hydrogens is 363 g/mol. The predicted octanol–water partition coefficient (Wildman–Crippen LogP) is 3.18. The van der Waals surface area contributed by atoms with Gasteiger partial charge in [-0.1, -0.05) is 0 Å². The van der Waals surface area contributed by atoms with Gasteiger partial charge in [-0.2, -0.15) is 0 Å². The van der Waals surface area contributed by atoms with Gasteiger partial charge in [0.1, 0.15) is 5.60 Å². The van der Waals surface area contributed by atoms with Gasteiger partial charge in [0.15, 0.2) is 17.5 Å². The zero-order chi connectivity index (χ0) is 20.0. The van der Waals surface area contributed by atoms with E-state index in [2.05, 4.69) is 0 Å². The molecule has 0 spiro atoms. The highest BCUT2D eigenvalue weighted by Crippen LogP contribution is 2.37. The molecule has 2 heterocycles. The van der Waals surface area contributed by atoms with E-state index in [1.165, 1.54) is 0 Å². The number of benzene rings is 1. The Morgan fingerprint density at radius 2 is 1.74 bits per heavy atom. The molecular formula is C19H24F3NO4. The van der Waals surface area contributed by atoms with E-state index in [4.69, 9.17) is 9.47 Å². The second-order valence-electron chi connectivity index (χ2n) is 8.42. The molecule has 2 bridgehead atoms. The number of piperidine rings is 1. The fourth-order valence-electron chi connectivity index (χ4n) is 3.92. The number of halogens is 3. The van der Waals surface area contributed by atoms with Gasteiger partial charge in [-0.05, 0) is 51.3 Å². The van der Waals surface area contributed by atoms with E-state index in [9.17, 15) is 23.1 Å². The Kier molecular flexibility index (Phi) is 5.16. The number of aliphatic hydroxyl groups is 1. The summed E-state index contributed by atoms with van der Waals surface area (Å²) in [7, 11) is 0. The minimum atomic E-state index is -1.53. The summed E-state index contributed by atoms with van der Waals surface area (Å²) in [6, 6.07) is 0.964. The Bertz CT molecular complexity index is 697. The molecule has 150 valence electrons. The van der Waals surface area contributed by atoms with Crippen LogP contribution in [-0.4, -0.2) is 52.6 Å². The number of amides is 1. The van der Waals surface area contributed by atoms with Crippen LogP contribution in [-0.2, 0) is 15.9 Å². The maximum atomic E-state index is 13.5. The molecule has 2 fully saturated rings. The minimum Gasteiger partial charge on any atom is -0.444 e. The molecule has 1 N–H and O–H groups in total. The van der Waals surface area contributed by atoms with Crippen molar-refractivity contribution in [3.63, 3.8) is 0 Å². The maximum absolute atomic E-state index is 13.5. The Morgan fingerprint density at radius 3 is 2.22 bits per heavy atom. The molecule has 2 unspecified atom stereocenters. The first kappa shape index (κ1) is 19.9. The second kappa shape index (κ2) is 6.98. The number of carbonyl (C=O) groups is 1. The lowest BCUT2D eigenvalue weighted by Crippen LogP contribution is -2.64. The Hall–Kier alpha value is -1.80. The summed E-state index contributed by atoms with van der Waals surface area (Å²) in [6.45, 7) is 5.80. The molecule has 27 heavy (non-hydrogen) atoms. The van der Waals surface area contributed by atoms with E-state index >= 15 is 0 Å². The quantitative estimate of drug-likeness (QED) is 0.792. The molecule has 2 atom stereocenters. The van der Waals surface area contributed by atoms with E-state index in [1.807, 2.05) is 0 Å². The predicted molar refractivity (Wildman–Crippen MR) is 90.7 cm³/mol. The van der Waals surface area contributed by atoms with E-state index in [0.29, 0.717) is 0 Å². The van der Waals surface area contributed by atoms with Gasteiger partial charge in [-0.15, -0.1) is 0 Å². The Labute approximate surface area is 156 Å². The molecule has 2 aliphatic rings. The fourth-order valence-corrected chi connectivity index (χ4v) is 3.92. The van der Waals surface area contributed by atoms with Crippen LogP contribution in [0.25, 0.3) is 0 Å². The standard InChI is InChI=1S/C19H24F3NO4/c1-18(2,3)27-17(24)23-12-7-19(25,8-13(23)10-26-9-12)6-11-4-14(20)16(22)15(21)5-11/h4-5,12-13,25H,6-10H2,1-3H3. The van der Waals surface area contributed by atoms with Gasteiger partial charge in [0.2, 0.25) is 0 Å². The van der Waals surface area contributed by atoms with Gasteiger partial charge in [0, 0.05) is 6.42 Å². The van der Waals surface area contributed by atoms with Crippen molar-refractivity contribution >= 4 is 6.09 Å². The normalized spacial score (nSPS) is 28.2. The highest BCUT2D eigenvalue weighted by molar-refractivity contribution is 5.69. The lowest BCUT2D eigenvalue weighted by molar-refractivity contribution is -0.137. The van der Waals surface area contributed by atoms with E-state index in [1.54, 1.807) is 25.7 Å². The molecule has 2 aliphatic heterocycles. The van der Waals surface area contributed by atoms with Gasteiger partial charge >= 0.3 is 6.09 Å². The second-order valence-corrected chi connectivity index (χ2v) is 8.42. The molecule has 0 aliphatic carbocycles. The number of carbonyl (C=O) groups excluding carboxylic acids is 1. The van der Waals surface area contributed by atoms with Crippen molar-refractivity contribution in [2.45, 2.75) is 63.3 Å². The number of morpholine rings is 1. The number of nitrogens with zero attached hydrogens (tertiary/aromatic N) is 1. The minimum absolute atomic E-state index is 0.0454. The van der Waals surface area contributed by atoms with Crippen LogP contribution in [0.2, 0.25) is 0 Å². The van der Waals surface area contributed by atoms with Gasteiger partial charge in [0.05, 0.1) is 30.9 Å². The summed E-state index contributed by atoms with van der Waals surface area (Å²) < 4.78 is 51.1. The Morgan fingerprint density at radius 1 is 1.22 bits per heavy atom. The third-order valence-electron chi connectivity index (χ3n) is 4.82. The van der Waals surface area contributed by atoms with Crippen molar-refractivity contribution in [1.29, 1.82) is 0 Å². The summed E-state index contributed by atoms with van der Waals surface area (Å²) in [6.07, 6.45) is -0.176. The third kappa shape index (κ3) is 4.38. The van der Waals surface area contributed by atoms with Gasteiger partial charge in [-0.25, -0.2) is 18.0 Å². The van der Waals surface area contributed by atoms with Crippen molar-refractivity contribution in [2.24, 2.45) is 0 Å². The fraction of sp³-hybridized carbons (Fsp3) is 0.632. The van der Waals surface area contributed by atoms with Crippen LogP contribution >= 0.6 is 0 Å². The van der Waals surface area contributed by atoms with Gasteiger partial charge < -0.3 is 14.6 Å². The Balaban J connectivity index is 1.78. The summed E-state index contributed by atoms with van der Waals surface area (Å²) >= 11 is 0. The molecule has 3 rings (SSSR count). The van der Waals surface area contributed by atoms with Crippen molar-refractivity contribution in [2.75, 3.05) is 13.2 Å². The zero-order valence-electron chi connectivity index (χ0n) is 15.6. The number of hydrogen-bond donors (Lipinski definition) is 1. The third-order valence-corrected chi connectivity index (χ3v) is 4.82. The first-order valence-electron chi connectivity index (χ1n) is 8.92. The highest BCUT2D eigenvalue weighted by Gasteiger charge is 2.49. The average Bonchev–Trinajstić information content (AvgIpc) is 2.49. The first-order chi connectivity index (χ1) is 12.5. The monoisotopic (exact) mass is 387 g/mol. The van der Waals surface area contributed by atoms with Crippen LogP contribution in [0.15, 0.2) is 12.1 Å². The van der Waals surface area contributed by atoms with Crippen molar-refractivity contribution in [1.82, 2.24) is 4.90 Å². The number of fused-ring (bicyclic) bond motifs is 2. The molecule has 8 heteroatoms. The molecule has 1 amide bonds. The zero-order valence-corrected chi connectivity index (χ0v) is 15.6. The molecule has 0 aromatic heterocycles. The van der Waals surface area contributed by atoms with Crippen LogP contribution in [0, 0.1) is 17.5 Å². The molecule has 5 nitrogen and oxygen atoms in total. The van der Waals surface area contributed by atoms with Crippen LogP contribution in [0.1, 0.15) is 39.2 Å². The summed E-state index contributed by atoms with van der Waals surface area (Å²) in [4.78, 5) is 14.1. The topological polar surface area (TPSA) is 59.0 Å². The lowest BCUT2D eigenvalue weighted by Gasteiger charge is -2.51. The molecule has 0 radical (unpaired) electrons. The smallest absolute Gasteiger partial charge is 0.410 e. The van der Waals surface area contributed by atoms with Crippen molar-refractivity contribution in [3.8, 4) is 0 Å². The molecule has 1 aromatic carbocycles. The van der Waals surface area contributed by atoms with E-state index in [-0.39, 0.29) is 38.0 Å². The van der Waals surface area contributed by atoms with Crippen LogP contribution < -0.4 is 0 Å². The molecule has 0 saturated carbocycles. The SMILES string of the molecule is CC(C)(C)OC(=O)N1C2COCC1CC(O)(Cc1cc(F)c(F)c(F)c1)C2. The average molecular weight is 387 g/mol. The molecule has 2 saturated heterocycles. The van der Waals surface area contributed by atoms with Gasteiger partial charge in [0.25, 0.3) is 0 Å². The van der Waals surface area contributed by atoms with Gasteiger partial charge in [-0.3, -0.25) is 4.90 Å². The van der Waals surface area contributed by atoms with Crippen molar-refractivity contribution < 1.29 is 32.5 Å². The summed E-state index contributed by atoms with van der Waals surface area (Å²) in [5.74, 6) is -4.11. The summed E-state index contributed by atoms with van der Waals surface area (Å²) in [5.41, 5.74) is -1.77. The largest absolute Gasteiger partial charge is 0.444 e. The van der Waals surface area contributed by atoms with E-state index in [0.717, 1.165) is 12.1 Å². The number of ether oxygens (including phenoxy) is 2. The van der Waals surface area contributed by atoms with Crippen LogP contribution in [0.3, 0.4) is 0 Å².